The van der Waals surface area contributed by atoms with Gasteiger partial charge in [0, 0.05) is 30.7 Å². The Morgan fingerprint density at radius 1 is 1.44 bits per heavy atom. The van der Waals surface area contributed by atoms with Crippen molar-refractivity contribution in [3.05, 3.63) is 18.7 Å². The van der Waals surface area contributed by atoms with E-state index in [4.69, 9.17) is 0 Å². The van der Waals surface area contributed by atoms with Crippen molar-refractivity contribution in [1.29, 1.82) is 0 Å². The average Bonchev–Trinajstić information content (AvgIpc) is 2.75. The second-order valence-corrected chi connectivity index (χ2v) is 5.13. The molecular formula is C9H12F3N3S. The molecule has 1 aliphatic rings. The van der Waals surface area contributed by atoms with Gasteiger partial charge in [-0.15, -0.1) is 0 Å². The lowest BCUT2D eigenvalue weighted by molar-refractivity contribution is -0.0333. The molecule has 1 saturated heterocycles. The molecule has 16 heavy (non-hydrogen) atoms. The minimum Gasteiger partial charge on any atom is -0.324 e. The minimum absolute atomic E-state index is 0.114. The normalized spacial score (nSPS) is 22.8. The predicted octanol–water partition coefficient (Wildman–Crippen LogP) is 2.17. The Balaban J connectivity index is 1.80. The van der Waals surface area contributed by atoms with Gasteiger partial charge in [0.1, 0.15) is 0 Å². The van der Waals surface area contributed by atoms with Crippen molar-refractivity contribution in [1.82, 2.24) is 14.5 Å². The first-order chi connectivity index (χ1) is 7.53. The van der Waals surface area contributed by atoms with Crippen molar-refractivity contribution in [2.24, 2.45) is 0 Å². The molecule has 0 spiro atoms. The number of aromatic nitrogens is 2. The molecule has 7 heteroatoms. The summed E-state index contributed by atoms with van der Waals surface area (Å²) in [5.74, 6) is 0. The minimum atomic E-state index is -4.12. The Labute approximate surface area is 95.6 Å². The maximum Gasteiger partial charge on any atom is 0.442 e. The number of nitrogens with zero attached hydrogens (tertiary/aromatic N) is 3. The van der Waals surface area contributed by atoms with Crippen LogP contribution in [0.25, 0.3) is 0 Å². The molecule has 0 saturated carbocycles. The highest BCUT2D eigenvalue weighted by molar-refractivity contribution is 8.00. The van der Waals surface area contributed by atoms with Crippen LogP contribution in [0.3, 0.4) is 0 Å². The molecule has 0 aromatic carbocycles. The van der Waals surface area contributed by atoms with Gasteiger partial charge in [-0.1, -0.05) is 0 Å². The molecule has 1 atom stereocenters. The van der Waals surface area contributed by atoms with E-state index in [1.165, 1.54) is 0 Å². The zero-order valence-electron chi connectivity index (χ0n) is 8.52. The van der Waals surface area contributed by atoms with Gasteiger partial charge >= 0.3 is 5.51 Å². The van der Waals surface area contributed by atoms with Crippen LogP contribution in [0.1, 0.15) is 6.42 Å². The van der Waals surface area contributed by atoms with Gasteiger partial charge in [0.05, 0.1) is 13.0 Å². The lowest BCUT2D eigenvalue weighted by Crippen LogP contribution is -2.24. The Morgan fingerprint density at radius 2 is 2.25 bits per heavy atom. The van der Waals surface area contributed by atoms with E-state index in [1.807, 2.05) is 15.7 Å². The average molecular weight is 251 g/mol. The summed E-state index contributed by atoms with van der Waals surface area (Å²) in [6.07, 6.45) is 5.74. The maximum atomic E-state index is 12.1. The highest BCUT2D eigenvalue weighted by atomic mass is 32.2. The number of hydrogen-bond donors (Lipinski definition) is 0. The highest BCUT2D eigenvalue weighted by Gasteiger charge is 2.36. The largest absolute Gasteiger partial charge is 0.442 e. The number of alkyl halides is 3. The van der Waals surface area contributed by atoms with Crippen LogP contribution in [-0.2, 0) is 6.67 Å². The molecule has 0 bridgehead atoms. The number of rotatable bonds is 3. The van der Waals surface area contributed by atoms with E-state index in [1.54, 1.807) is 12.5 Å². The molecule has 1 unspecified atom stereocenters. The van der Waals surface area contributed by atoms with Crippen molar-refractivity contribution >= 4 is 11.8 Å². The van der Waals surface area contributed by atoms with Gasteiger partial charge in [-0.3, -0.25) is 4.90 Å². The smallest absolute Gasteiger partial charge is 0.324 e. The molecule has 0 radical (unpaired) electrons. The zero-order valence-corrected chi connectivity index (χ0v) is 9.34. The van der Waals surface area contributed by atoms with Gasteiger partial charge in [-0.05, 0) is 18.2 Å². The third kappa shape index (κ3) is 3.41. The number of likely N-dealkylation sites (tertiary alicyclic amines) is 1. The molecule has 3 nitrogen and oxygen atoms in total. The molecule has 1 fully saturated rings. The molecule has 0 amide bonds. The topological polar surface area (TPSA) is 21.1 Å². The van der Waals surface area contributed by atoms with Gasteiger partial charge in [0.2, 0.25) is 0 Å². The number of imidazole rings is 1. The van der Waals surface area contributed by atoms with Crippen LogP contribution in [0.5, 0.6) is 0 Å². The standard InChI is InChI=1S/C9H12F3N3S/c10-9(11,12)16-8-1-3-14(5-8)7-15-4-2-13-6-15/h2,4,6,8H,1,3,5,7H2. The van der Waals surface area contributed by atoms with E-state index >= 15 is 0 Å². The number of halogens is 3. The molecule has 1 aromatic heterocycles. The van der Waals surface area contributed by atoms with Crippen LogP contribution in [-0.4, -0.2) is 38.3 Å². The van der Waals surface area contributed by atoms with Gasteiger partial charge in [0.15, 0.2) is 0 Å². The summed E-state index contributed by atoms with van der Waals surface area (Å²) in [5.41, 5.74) is -4.12. The summed E-state index contributed by atoms with van der Waals surface area (Å²) >= 11 is 0.114. The number of thioether (sulfide) groups is 1. The first-order valence-corrected chi connectivity index (χ1v) is 5.83. The molecule has 2 rings (SSSR count). The van der Waals surface area contributed by atoms with Crippen molar-refractivity contribution in [2.75, 3.05) is 13.1 Å². The monoisotopic (exact) mass is 251 g/mol. The van der Waals surface area contributed by atoms with Crippen LogP contribution in [0.2, 0.25) is 0 Å². The fourth-order valence-corrected chi connectivity index (χ4v) is 2.70. The van der Waals surface area contributed by atoms with E-state index in [0.717, 1.165) is 0 Å². The molecule has 1 aromatic rings. The molecule has 0 aliphatic carbocycles. The van der Waals surface area contributed by atoms with E-state index in [9.17, 15) is 13.2 Å². The molecular weight excluding hydrogens is 239 g/mol. The lowest BCUT2D eigenvalue weighted by atomic mass is 10.4. The van der Waals surface area contributed by atoms with E-state index in [2.05, 4.69) is 4.98 Å². The van der Waals surface area contributed by atoms with Gasteiger partial charge in [0.25, 0.3) is 0 Å². The Kier molecular flexibility index (Phi) is 3.44. The third-order valence-corrected chi connectivity index (χ3v) is 3.44. The van der Waals surface area contributed by atoms with Crippen LogP contribution in [0.15, 0.2) is 18.7 Å². The maximum absolute atomic E-state index is 12.1. The predicted molar refractivity (Wildman–Crippen MR) is 55.9 cm³/mol. The van der Waals surface area contributed by atoms with Crippen molar-refractivity contribution in [3.8, 4) is 0 Å². The first kappa shape index (κ1) is 11.8. The van der Waals surface area contributed by atoms with E-state index in [-0.39, 0.29) is 17.0 Å². The van der Waals surface area contributed by atoms with Crippen LogP contribution < -0.4 is 0 Å². The van der Waals surface area contributed by atoms with Crippen LogP contribution in [0.4, 0.5) is 13.2 Å². The Hall–Kier alpha value is -0.690. The fourth-order valence-electron chi connectivity index (χ4n) is 1.81. The molecule has 0 N–H and O–H groups in total. The summed E-state index contributed by atoms with van der Waals surface area (Å²) < 4.78 is 38.3. The number of hydrogen-bond acceptors (Lipinski definition) is 3. The second-order valence-electron chi connectivity index (χ2n) is 3.77. The lowest BCUT2D eigenvalue weighted by Gasteiger charge is -2.16. The SMILES string of the molecule is FC(F)(F)SC1CCN(Cn2ccnc2)C1. The summed E-state index contributed by atoms with van der Waals surface area (Å²) in [6.45, 7) is 1.82. The summed E-state index contributed by atoms with van der Waals surface area (Å²) in [4.78, 5) is 5.90. The van der Waals surface area contributed by atoms with E-state index < -0.39 is 5.51 Å². The molecule has 2 heterocycles. The first-order valence-electron chi connectivity index (χ1n) is 4.95. The highest BCUT2D eigenvalue weighted by Crippen LogP contribution is 2.37. The van der Waals surface area contributed by atoms with Crippen molar-refractivity contribution < 1.29 is 13.2 Å². The van der Waals surface area contributed by atoms with Crippen molar-refractivity contribution in [2.45, 2.75) is 23.8 Å². The zero-order chi connectivity index (χ0) is 11.6. The third-order valence-electron chi connectivity index (χ3n) is 2.45. The molecule has 90 valence electrons. The summed E-state index contributed by atoms with van der Waals surface area (Å²) in [5, 5.41) is -0.330. The van der Waals surface area contributed by atoms with Crippen LogP contribution >= 0.6 is 11.8 Å². The van der Waals surface area contributed by atoms with Crippen LogP contribution in [0, 0.1) is 0 Å². The van der Waals surface area contributed by atoms with Gasteiger partial charge < -0.3 is 4.57 Å². The van der Waals surface area contributed by atoms with Gasteiger partial charge in [-0.2, -0.15) is 13.2 Å². The fraction of sp³-hybridized carbons (Fsp3) is 0.667. The Bertz CT molecular complexity index is 325. The van der Waals surface area contributed by atoms with E-state index in [0.29, 0.717) is 26.2 Å². The summed E-state index contributed by atoms with van der Waals surface area (Å²) in [6, 6.07) is 0. The second kappa shape index (κ2) is 4.67. The quantitative estimate of drug-likeness (QED) is 0.821. The van der Waals surface area contributed by atoms with Crippen molar-refractivity contribution in [3.63, 3.8) is 0 Å². The van der Waals surface area contributed by atoms with Gasteiger partial charge in [-0.25, -0.2) is 4.98 Å². The molecule has 1 aliphatic heterocycles. The summed E-state index contributed by atoms with van der Waals surface area (Å²) in [7, 11) is 0. The Morgan fingerprint density at radius 3 is 2.88 bits per heavy atom.